The highest BCUT2D eigenvalue weighted by atomic mass is 16.2. The minimum absolute atomic E-state index is 0.168. The van der Waals surface area contributed by atoms with E-state index in [4.69, 9.17) is 0 Å². The molecule has 0 N–H and O–H groups in total. The van der Waals surface area contributed by atoms with E-state index in [1.807, 2.05) is 6.07 Å². The summed E-state index contributed by atoms with van der Waals surface area (Å²) >= 11 is 0. The summed E-state index contributed by atoms with van der Waals surface area (Å²) in [5.74, 6) is 0.425. The highest BCUT2D eigenvalue weighted by molar-refractivity contribution is 6.04. The highest BCUT2D eigenvalue weighted by Crippen LogP contribution is 2.18. The zero-order valence-corrected chi connectivity index (χ0v) is 12.5. The van der Waals surface area contributed by atoms with Gasteiger partial charge in [0.05, 0.1) is 24.3 Å². The number of aromatic nitrogens is 6. The average molecular weight is 297 g/mol. The summed E-state index contributed by atoms with van der Waals surface area (Å²) in [5.41, 5.74) is 1.80. The van der Waals surface area contributed by atoms with Crippen molar-refractivity contribution >= 4 is 11.6 Å². The molecule has 0 saturated heterocycles. The van der Waals surface area contributed by atoms with Gasteiger partial charge in [-0.1, -0.05) is 5.21 Å². The molecule has 8 nitrogen and oxygen atoms in total. The van der Waals surface area contributed by atoms with E-state index >= 15 is 0 Å². The number of aryl methyl sites for hydroxylation is 1. The van der Waals surface area contributed by atoms with Crippen LogP contribution in [0.15, 0.2) is 36.9 Å². The molecule has 0 fully saturated rings. The van der Waals surface area contributed by atoms with Gasteiger partial charge in [-0.25, -0.2) is 4.98 Å². The first-order valence-electron chi connectivity index (χ1n) is 6.64. The smallest absolute Gasteiger partial charge is 0.276 e. The van der Waals surface area contributed by atoms with E-state index in [1.165, 1.54) is 4.90 Å². The lowest BCUT2D eigenvalue weighted by molar-refractivity contribution is 0.0985. The van der Waals surface area contributed by atoms with Crippen molar-refractivity contribution in [3.05, 3.63) is 42.6 Å². The zero-order valence-electron chi connectivity index (χ0n) is 12.5. The van der Waals surface area contributed by atoms with Crippen molar-refractivity contribution in [3.8, 4) is 11.5 Å². The SMILES string of the molecule is CN(C(=O)c1cnc(-c2cn(C)nn2)n1C)c1cccnc1. The van der Waals surface area contributed by atoms with Crippen LogP contribution < -0.4 is 4.90 Å². The third kappa shape index (κ3) is 2.34. The molecule has 0 atom stereocenters. The van der Waals surface area contributed by atoms with Crippen LogP contribution in [0.4, 0.5) is 5.69 Å². The Kier molecular flexibility index (Phi) is 3.42. The fourth-order valence-electron chi connectivity index (χ4n) is 2.14. The van der Waals surface area contributed by atoms with Crippen LogP contribution in [0.1, 0.15) is 10.5 Å². The Morgan fingerprint density at radius 3 is 2.73 bits per heavy atom. The van der Waals surface area contributed by atoms with Crippen molar-refractivity contribution in [2.45, 2.75) is 0 Å². The molecule has 112 valence electrons. The molecule has 0 spiro atoms. The van der Waals surface area contributed by atoms with Crippen LogP contribution >= 0.6 is 0 Å². The number of carbonyl (C=O) groups excluding carboxylic acids is 1. The first-order valence-corrected chi connectivity index (χ1v) is 6.64. The van der Waals surface area contributed by atoms with Gasteiger partial charge in [-0.05, 0) is 12.1 Å². The molecule has 0 saturated carbocycles. The normalized spacial score (nSPS) is 10.7. The maximum atomic E-state index is 12.6. The van der Waals surface area contributed by atoms with Crippen molar-refractivity contribution in [2.24, 2.45) is 14.1 Å². The Morgan fingerprint density at radius 1 is 1.27 bits per heavy atom. The van der Waals surface area contributed by atoms with Crippen LogP contribution in [0.3, 0.4) is 0 Å². The Hall–Kier alpha value is -3.03. The summed E-state index contributed by atoms with van der Waals surface area (Å²) in [5, 5.41) is 7.90. The molecule has 0 bridgehead atoms. The van der Waals surface area contributed by atoms with Crippen molar-refractivity contribution in [1.29, 1.82) is 0 Å². The summed E-state index contributed by atoms with van der Waals surface area (Å²) in [6.07, 6.45) is 6.59. The number of amides is 1. The van der Waals surface area contributed by atoms with E-state index in [0.717, 1.165) is 5.69 Å². The molecule has 3 heterocycles. The van der Waals surface area contributed by atoms with E-state index in [0.29, 0.717) is 17.2 Å². The minimum Gasteiger partial charge on any atom is -0.322 e. The van der Waals surface area contributed by atoms with Gasteiger partial charge in [0.25, 0.3) is 5.91 Å². The molecule has 0 aliphatic heterocycles. The first-order chi connectivity index (χ1) is 10.6. The van der Waals surface area contributed by atoms with Crippen LogP contribution in [0, 0.1) is 0 Å². The molecule has 0 radical (unpaired) electrons. The maximum absolute atomic E-state index is 12.6. The second-order valence-electron chi connectivity index (χ2n) is 4.88. The highest BCUT2D eigenvalue weighted by Gasteiger charge is 2.20. The van der Waals surface area contributed by atoms with Gasteiger partial charge in [-0.2, -0.15) is 0 Å². The number of imidazole rings is 1. The predicted octanol–water partition coefficient (Wildman–Crippen LogP) is 0.887. The summed E-state index contributed by atoms with van der Waals surface area (Å²) in [4.78, 5) is 22.4. The van der Waals surface area contributed by atoms with Crippen molar-refractivity contribution < 1.29 is 4.79 Å². The Bertz CT molecular complexity index is 806. The molecular formula is C14H15N7O. The minimum atomic E-state index is -0.168. The lowest BCUT2D eigenvalue weighted by Gasteiger charge is -2.16. The third-order valence-corrected chi connectivity index (χ3v) is 3.38. The first kappa shape index (κ1) is 13.9. The Labute approximate surface area is 127 Å². The van der Waals surface area contributed by atoms with Gasteiger partial charge < -0.3 is 9.47 Å². The van der Waals surface area contributed by atoms with Crippen LogP contribution in [0.25, 0.3) is 11.5 Å². The van der Waals surface area contributed by atoms with E-state index in [2.05, 4.69) is 20.3 Å². The predicted molar refractivity (Wildman–Crippen MR) is 80.2 cm³/mol. The number of pyridine rings is 1. The molecular weight excluding hydrogens is 282 g/mol. The maximum Gasteiger partial charge on any atom is 0.276 e. The van der Waals surface area contributed by atoms with Gasteiger partial charge in [0.1, 0.15) is 11.4 Å². The molecule has 0 aliphatic rings. The number of nitrogens with zero attached hydrogens (tertiary/aromatic N) is 7. The summed E-state index contributed by atoms with van der Waals surface area (Å²) in [7, 11) is 5.26. The monoisotopic (exact) mass is 297 g/mol. The molecule has 1 amide bonds. The number of hydrogen-bond donors (Lipinski definition) is 0. The topological polar surface area (TPSA) is 81.7 Å². The number of carbonyl (C=O) groups is 1. The molecule has 3 aromatic heterocycles. The molecule has 0 unspecified atom stereocenters. The lowest BCUT2D eigenvalue weighted by atomic mass is 10.3. The standard InChI is InChI=1S/C14H15N7O/c1-19-9-11(17-18-19)13-16-8-12(21(13)3)14(22)20(2)10-5-4-6-15-7-10/h4-9H,1-3H3. The number of hydrogen-bond acceptors (Lipinski definition) is 5. The zero-order chi connectivity index (χ0) is 15.7. The van der Waals surface area contributed by atoms with Crippen molar-refractivity contribution in [1.82, 2.24) is 29.5 Å². The van der Waals surface area contributed by atoms with Gasteiger partial charge in [0.15, 0.2) is 5.82 Å². The lowest BCUT2D eigenvalue weighted by Crippen LogP contribution is -2.28. The van der Waals surface area contributed by atoms with Gasteiger partial charge in [0.2, 0.25) is 0 Å². The molecule has 0 aliphatic carbocycles. The van der Waals surface area contributed by atoms with Gasteiger partial charge in [-0.15, -0.1) is 5.10 Å². The van der Waals surface area contributed by atoms with Crippen LogP contribution in [-0.4, -0.2) is 42.5 Å². The molecule has 3 rings (SSSR count). The number of rotatable bonds is 3. The molecule has 8 heteroatoms. The molecule has 0 aromatic carbocycles. The number of anilines is 1. The van der Waals surface area contributed by atoms with Gasteiger partial charge in [-0.3, -0.25) is 14.5 Å². The largest absolute Gasteiger partial charge is 0.322 e. The fourth-order valence-corrected chi connectivity index (χ4v) is 2.14. The molecule has 3 aromatic rings. The summed E-state index contributed by atoms with van der Waals surface area (Å²) in [6, 6.07) is 3.61. The molecule has 22 heavy (non-hydrogen) atoms. The van der Waals surface area contributed by atoms with Crippen molar-refractivity contribution in [3.63, 3.8) is 0 Å². The van der Waals surface area contributed by atoms with Crippen LogP contribution in [0.2, 0.25) is 0 Å². The van der Waals surface area contributed by atoms with Crippen molar-refractivity contribution in [2.75, 3.05) is 11.9 Å². The van der Waals surface area contributed by atoms with E-state index in [-0.39, 0.29) is 5.91 Å². The fraction of sp³-hybridized carbons (Fsp3) is 0.214. The van der Waals surface area contributed by atoms with Crippen LogP contribution in [0.5, 0.6) is 0 Å². The Morgan fingerprint density at radius 2 is 2.09 bits per heavy atom. The van der Waals surface area contributed by atoms with Gasteiger partial charge in [0, 0.05) is 27.3 Å². The second-order valence-corrected chi connectivity index (χ2v) is 4.88. The van der Waals surface area contributed by atoms with Gasteiger partial charge >= 0.3 is 0 Å². The summed E-state index contributed by atoms with van der Waals surface area (Å²) < 4.78 is 3.30. The average Bonchev–Trinajstić information content (AvgIpc) is 3.12. The Balaban J connectivity index is 1.93. The second kappa shape index (κ2) is 5.40. The van der Waals surface area contributed by atoms with E-state index in [9.17, 15) is 4.79 Å². The summed E-state index contributed by atoms with van der Waals surface area (Å²) in [6.45, 7) is 0. The third-order valence-electron chi connectivity index (χ3n) is 3.38. The van der Waals surface area contributed by atoms with E-state index in [1.54, 1.807) is 61.2 Å². The quantitative estimate of drug-likeness (QED) is 0.717. The van der Waals surface area contributed by atoms with Crippen LogP contribution in [-0.2, 0) is 14.1 Å². The van der Waals surface area contributed by atoms with E-state index < -0.39 is 0 Å².